The Morgan fingerprint density at radius 2 is 2.22 bits per heavy atom. The Bertz CT molecular complexity index is 467. The van der Waals surface area contributed by atoms with Gasteiger partial charge in [-0.25, -0.2) is 0 Å². The molecule has 0 saturated carbocycles. The van der Waals surface area contributed by atoms with Gasteiger partial charge in [0.15, 0.2) is 0 Å². The molecule has 0 heterocycles. The first kappa shape index (κ1) is 15.7. The Morgan fingerprint density at radius 1 is 1.56 bits per heavy atom. The normalized spacial score (nSPS) is 14.0. The number of halogens is 2. The number of nitrogens with one attached hydrogen (secondary N) is 1. The summed E-state index contributed by atoms with van der Waals surface area (Å²) in [5.74, 6) is 0.438. The molecule has 3 nitrogen and oxygen atoms in total. The second kappa shape index (κ2) is 7.26. The van der Waals surface area contributed by atoms with Gasteiger partial charge in [0.25, 0.3) is 5.91 Å². The molecule has 1 aromatic rings. The molecule has 0 aliphatic carbocycles. The average molecular weight is 353 g/mol. The number of rotatable bonds is 5. The highest BCUT2D eigenvalue weighted by Crippen LogP contribution is 2.23. The van der Waals surface area contributed by atoms with Crippen molar-refractivity contribution in [2.24, 2.45) is 0 Å². The highest BCUT2D eigenvalue weighted by Gasteiger charge is 2.11. The molecule has 0 spiro atoms. The lowest BCUT2D eigenvalue weighted by Crippen LogP contribution is -2.33. The molecule has 100 valence electrons. The fourth-order valence-electron chi connectivity index (χ4n) is 1.36. The molecule has 0 aromatic heterocycles. The van der Waals surface area contributed by atoms with Gasteiger partial charge in [-0.1, -0.05) is 11.6 Å². The lowest BCUT2D eigenvalue weighted by Gasteiger charge is -2.13. The average Bonchev–Trinajstić information content (AvgIpc) is 2.30. The number of hydrogen-bond donors (Lipinski definition) is 1. The monoisotopic (exact) mass is 351 g/mol. The first-order chi connectivity index (χ1) is 8.40. The lowest BCUT2D eigenvalue weighted by molar-refractivity contribution is 0.0939. The van der Waals surface area contributed by atoms with Crippen molar-refractivity contribution in [2.45, 2.75) is 19.4 Å². The molecule has 0 aliphatic rings. The van der Waals surface area contributed by atoms with Crippen LogP contribution in [0.3, 0.4) is 0 Å². The third-order valence-electron chi connectivity index (χ3n) is 2.40. The van der Waals surface area contributed by atoms with Gasteiger partial charge in [-0.3, -0.25) is 9.00 Å². The number of hydrogen-bond acceptors (Lipinski definition) is 2. The second-order valence-corrected chi connectivity index (χ2v) is 6.89. The zero-order valence-electron chi connectivity index (χ0n) is 10.2. The van der Waals surface area contributed by atoms with Crippen molar-refractivity contribution < 1.29 is 9.00 Å². The summed E-state index contributed by atoms with van der Waals surface area (Å²) in [7, 11) is -0.828. The third-order valence-corrected chi connectivity index (χ3v) is 4.42. The maximum absolute atomic E-state index is 11.9. The molecule has 1 aromatic carbocycles. The lowest BCUT2D eigenvalue weighted by atomic mass is 10.2. The molecule has 1 N–H and O–H groups in total. The minimum atomic E-state index is -0.828. The van der Waals surface area contributed by atoms with E-state index in [1.807, 2.05) is 6.92 Å². The summed E-state index contributed by atoms with van der Waals surface area (Å²) >= 11 is 9.14. The van der Waals surface area contributed by atoms with E-state index in [1.165, 1.54) is 0 Å². The molecular formula is C12H15BrClNO2S. The van der Waals surface area contributed by atoms with Gasteiger partial charge in [0.05, 0.1) is 5.02 Å². The Morgan fingerprint density at radius 3 is 2.78 bits per heavy atom. The Hall–Kier alpha value is -0.390. The number of benzene rings is 1. The van der Waals surface area contributed by atoms with Crippen LogP contribution in [0.1, 0.15) is 23.7 Å². The molecule has 0 saturated heterocycles. The maximum Gasteiger partial charge on any atom is 0.251 e. The van der Waals surface area contributed by atoms with Crippen LogP contribution in [0.5, 0.6) is 0 Å². The Balaban J connectivity index is 2.59. The molecule has 0 aliphatic heterocycles. The van der Waals surface area contributed by atoms with Crippen molar-refractivity contribution in [3.8, 4) is 0 Å². The van der Waals surface area contributed by atoms with E-state index in [0.29, 0.717) is 27.2 Å². The highest BCUT2D eigenvalue weighted by atomic mass is 79.9. The van der Waals surface area contributed by atoms with Crippen molar-refractivity contribution in [2.75, 3.05) is 12.0 Å². The van der Waals surface area contributed by atoms with Crippen LogP contribution in [0, 0.1) is 0 Å². The van der Waals surface area contributed by atoms with Crippen LogP contribution in [0.4, 0.5) is 0 Å². The van der Waals surface area contributed by atoms with E-state index in [2.05, 4.69) is 21.2 Å². The van der Waals surface area contributed by atoms with Crippen LogP contribution < -0.4 is 5.32 Å². The van der Waals surface area contributed by atoms with E-state index in [1.54, 1.807) is 24.5 Å². The van der Waals surface area contributed by atoms with E-state index >= 15 is 0 Å². The van der Waals surface area contributed by atoms with E-state index in [-0.39, 0.29) is 11.9 Å². The van der Waals surface area contributed by atoms with E-state index in [4.69, 9.17) is 11.6 Å². The zero-order chi connectivity index (χ0) is 13.7. The molecule has 1 amide bonds. The van der Waals surface area contributed by atoms with Crippen LogP contribution in [0.15, 0.2) is 22.7 Å². The fourth-order valence-corrected chi connectivity index (χ4v) is 2.54. The van der Waals surface area contributed by atoms with E-state index < -0.39 is 10.8 Å². The summed E-state index contributed by atoms with van der Waals surface area (Å²) in [4.78, 5) is 11.9. The summed E-state index contributed by atoms with van der Waals surface area (Å²) < 4.78 is 11.7. The molecule has 18 heavy (non-hydrogen) atoms. The molecular weight excluding hydrogens is 338 g/mol. The first-order valence-electron chi connectivity index (χ1n) is 5.46. The van der Waals surface area contributed by atoms with Crippen molar-refractivity contribution in [1.29, 1.82) is 0 Å². The summed E-state index contributed by atoms with van der Waals surface area (Å²) in [6.07, 6.45) is 2.36. The standard InChI is InChI=1S/C12H15BrClNO2S/c1-8(5-6-18(2)17)15-12(16)9-3-4-11(14)10(13)7-9/h3-4,7-8H,5-6H2,1-2H3,(H,15,16). The number of carbonyl (C=O) groups excluding carboxylic acids is 1. The minimum absolute atomic E-state index is 0.00384. The van der Waals surface area contributed by atoms with Crippen molar-refractivity contribution in [3.63, 3.8) is 0 Å². The first-order valence-corrected chi connectivity index (χ1v) is 8.36. The van der Waals surface area contributed by atoms with Gasteiger partial charge in [0.1, 0.15) is 0 Å². The third kappa shape index (κ3) is 5.08. The van der Waals surface area contributed by atoms with Crippen molar-refractivity contribution in [1.82, 2.24) is 5.32 Å². The molecule has 2 unspecified atom stereocenters. The van der Waals surface area contributed by atoms with Gasteiger partial charge >= 0.3 is 0 Å². The van der Waals surface area contributed by atoms with Crippen LogP contribution in [0.25, 0.3) is 0 Å². The summed E-state index contributed by atoms with van der Waals surface area (Å²) in [5, 5.41) is 3.43. The molecule has 2 atom stereocenters. The highest BCUT2D eigenvalue weighted by molar-refractivity contribution is 9.10. The number of amides is 1. The van der Waals surface area contributed by atoms with Gasteiger partial charge in [-0.05, 0) is 47.5 Å². The maximum atomic E-state index is 11.9. The van der Waals surface area contributed by atoms with Gasteiger partial charge in [0, 0.05) is 38.9 Å². The predicted octanol–water partition coefficient (Wildman–Crippen LogP) is 2.99. The predicted molar refractivity (Wildman–Crippen MR) is 79.6 cm³/mol. The number of carbonyl (C=O) groups is 1. The van der Waals surface area contributed by atoms with Gasteiger partial charge in [-0.2, -0.15) is 0 Å². The summed E-state index contributed by atoms with van der Waals surface area (Å²) in [6, 6.07) is 5.03. The quantitative estimate of drug-likeness (QED) is 0.885. The van der Waals surface area contributed by atoms with E-state index in [9.17, 15) is 9.00 Å². The van der Waals surface area contributed by atoms with Gasteiger partial charge in [0.2, 0.25) is 0 Å². The molecule has 6 heteroatoms. The molecule has 0 bridgehead atoms. The van der Waals surface area contributed by atoms with Crippen LogP contribution >= 0.6 is 27.5 Å². The minimum Gasteiger partial charge on any atom is -0.350 e. The zero-order valence-corrected chi connectivity index (χ0v) is 13.4. The van der Waals surface area contributed by atoms with Gasteiger partial charge < -0.3 is 5.32 Å². The Kier molecular flexibility index (Phi) is 6.32. The largest absolute Gasteiger partial charge is 0.350 e. The van der Waals surface area contributed by atoms with Crippen molar-refractivity contribution >= 4 is 44.2 Å². The van der Waals surface area contributed by atoms with Crippen LogP contribution in [-0.4, -0.2) is 28.2 Å². The van der Waals surface area contributed by atoms with Crippen LogP contribution in [0.2, 0.25) is 5.02 Å². The van der Waals surface area contributed by atoms with Gasteiger partial charge in [-0.15, -0.1) is 0 Å². The SMILES string of the molecule is CC(CCS(C)=O)NC(=O)c1ccc(Cl)c(Br)c1. The summed E-state index contributed by atoms with van der Waals surface area (Å²) in [5.41, 5.74) is 0.552. The molecule has 1 rings (SSSR count). The second-order valence-electron chi connectivity index (χ2n) is 4.07. The van der Waals surface area contributed by atoms with E-state index in [0.717, 1.165) is 0 Å². The Labute approximate surface area is 123 Å². The smallest absolute Gasteiger partial charge is 0.251 e. The van der Waals surface area contributed by atoms with Crippen molar-refractivity contribution in [3.05, 3.63) is 33.3 Å². The molecule has 0 radical (unpaired) electrons. The molecule has 0 fully saturated rings. The topological polar surface area (TPSA) is 46.2 Å². The summed E-state index contributed by atoms with van der Waals surface area (Å²) in [6.45, 7) is 1.90. The van der Waals surface area contributed by atoms with Crippen LogP contribution in [-0.2, 0) is 10.8 Å². The fraction of sp³-hybridized carbons (Fsp3) is 0.417.